The van der Waals surface area contributed by atoms with Crippen LogP contribution in [0.25, 0.3) is 0 Å². The molecule has 0 bridgehead atoms. The Morgan fingerprint density at radius 3 is 2.81 bits per heavy atom. The quantitative estimate of drug-likeness (QED) is 0.828. The van der Waals surface area contributed by atoms with Crippen molar-refractivity contribution in [1.82, 2.24) is 9.78 Å². The zero-order valence-corrected chi connectivity index (χ0v) is 11.4. The fraction of sp³-hybridized carbons (Fsp3) is 0.333. The number of thioether (sulfide) groups is 1. The fourth-order valence-electron chi connectivity index (χ4n) is 1.73. The largest absolute Gasteiger partial charge is 0.478 e. The van der Waals surface area contributed by atoms with Crippen molar-refractivity contribution in [2.45, 2.75) is 18.5 Å². The number of furan rings is 1. The number of carbonyl (C=O) groups is 1. The van der Waals surface area contributed by atoms with Crippen LogP contribution in [0, 0.1) is 0 Å². The highest BCUT2D eigenvalue weighted by Gasteiger charge is 2.40. The number of aromatic nitrogens is 2. The Labute approximate surface area is 121 Å². The lowest BCUT2D eigenvalue weighted by Gasteiger charge is -2.11. The average molecular weight is 320 g/mol. The third kappa shape index (κ3) is 3.81. The van der Waals surface area contributed by atoms with Crippen LogP contribution in [0.15, 0.2) is 29.0 Å². The van der Waals surface area contributed by atoms with Crippen molar-refractivity contribution in [3.8, 4) is 0 Å². The lowest BCUT2D eigenvalue weighted by Crippen LogP contribution is -2.19. The fourth-order valence-corrected chi connectivity index (χ4v) is 2.54. The molecule has 0 atom stereocenters. The molecule has 1 N–H and O–H groups in total. The summed E-state index contributed by atoms with van der Waals surface area (Å²) in [7, 11) is 0. The molecular formula is C12H11F3N2O3S. The maximum Gasteiger partial charge on any atom is 0.433 e. The molecular weight excluding hydrogens is 309 g/mol. The van der Waals surface area contributed by atoms with Crippen LogP contribution < -0.4 is 0 Å². The molecule has 0 saturated heterocycles. The molecule has 0 fully saturated rings. The molecule has 0 amide bonds. The van der Waals surface area contributed by atoms with Crippen molar-refractivity contribution in [3.63, 3.8) is 0 Å². The second-order valence-corrected chi connectivity index (χ2v) is 5.17. The summed E-state index contributed by atoms with van der Waals surface area (Å²) < 4.78 is 44.4. The normalized spacial score (nSPS) is 11.8. The molecule has 0 aromatic carbocycles. The van der Waals surface area contributed by atoms with Crippen LogP contribution in [0.3, 0.4) is 0 Å². The summed E-state index contributed by atoms with van der Waals surface area (Å²) in [5, 5.41) is 12.3. The van der Waals surface area contributed by atoms with Crippen LogP contribution >= 0.6 is 11.8 Å². The highest BCUT2D eigenvalue weighted by atomic mass is 32.2. The third-order valence-corrected chi connectivity index (χ3v) is 3.57. The first kappa shape index (κ1) is 15.5. The molecule has 0 radical (unpaired) electrons. The number of carboxylic acid groups (broad SMARTS) is 1. The van der Waals surface area contributed by atoms with E-state index in [9.17, 15) is 18.0 Å². The zero-order chi connectivity index (χ0) is 15.5. The summed E-state index contributed by atoms with van der Waals surface area (Å²) in [6, 6.07) is 3.49. The van der Waals surface area contributed by atoms with E-state index in [-0.39, 0.29) is 6.54 Å². The van der Waals surface area contributed by atoms with Gasteiger partial charge in [0, 0.05) is 5.75 Å². The Kier molecular flexibility index (Phi) is 4.61. The summed E-state index contributed by atoms with van der Waals surface area (Å²) in [6.45, 7) is -0.0342. The van der Waals surface area contributed by atoms with E-state index in [4.69, 9.17) is 9.52 Å². The minimum atomic E-state index is -4.75. The third-order valence-electron chi connectivity index (χ3n) is 2.61. The lowest BCUT2D eigenvalue weighted by atomic mass is 10.2. The van der Waals surface area contributed by atoms with E-state index >= 15 is 0 Å². The number of hydrogen-bond donors (Lipinski definition) is 1. The van der Waals surface area contributed by atoms with Crippen LogP contribution in [0.4, 0.5) is 13.2 Å². The van der Waals surface area contributed by atoms with Gasteiger partial charge in [-0.15, -0.1) is 0 Å². The Balaban J connectivity index is 2.01. The first-order chi connectivity index (χ1) is 9.89. The van der Waals surface area contributed by atoms with E-state index in [2.05, 4.69) is 5.10 Å². The Hall–Kier alpha value is -1.90. The molecule has 5 nitrogen and oxygen atoms in total. The van der Waals surface area contributed by atoms with E-state index in [0.717, 1.165) is 12.0 Å². The highest BCUT2D eigenvalue weighted by molar-refractivity contribution is 7.98. The average Bonchev–Trinajstić information content (AvgIpc) is 3.03. The molecule has 0 aliphatic rings. The van der Waals surface area contributed by atoms with Crippen LogP contribution in [0.2, 0.25) is 0 Å². The van der Waals surface area contributed by atoms with Gasteiger partial charge in [0.25, 0.3) is 0 Å². The van der Waals surface area contributed by atoms with Gasteiger partial charge in [-0.05, 0) is 12.1 Å². The summed E-state index contributed by atoms with van der Waals surface area (Å²) in [6.07, 6.45) is -2.51. The Morgan fingerprint density at radius 2 is 2.24 bits per heavy atom. The molecule has 2 aromatic heterocycles. The minimum absolute atomic E-state index is 0.0342. The molecule has 114 valence electrons. The maximum atomic E-state index is 12.9. The van der Waals surface area contributed by atoms with Crippen molar-refractivity contribution < 1.29 is 27.5 Å². The molecule has 2 rings (SSSR count). The predicted molar refractivity (Wildman–Crippen MR) is 69.1 cm³/mol. The molecule has 21 heavy (non-hydrogen) atoms. The number of aromatic carboxylic acids is 1. The van der Waals surface area contributed by atoms with Gasteiger partial charge in [0.15, 0.2) is 5.69 Å². The molecule has 9 heteroatoms. The van der Waals surface area contributed by atoms with Gasteiger partial charge in [0.1, 0.15) is 11.3 Å². The van der Waals surface area contributed by atoms with Crippen LogP contribution in [-0.4, -0.2) is 26.6 Å². The van der Waals surface area contributed by atoms with E-state index in [1.54, 1.807) is 12.1 Å². The summed E-state index contributed by atoms with van der Waals surface area (Å²) in [4.78, 5) is 10.8. The monoisotopic (exact) mass is 320 g/mol. The van der Waals surface area contributed by atoms with Gasteiger partial charge in [0.05, 0.1) is 24.8 Å². The first-order valence-electron chi connectivity index (χ1n) is 5.86. The number of aryl methyl sites for hydroxylation is 1. The zero-order valence-electron chi connectivity index (χ0n) is 10.6. The van der Waals surface area contributed by atoms with E-state index in [0.29, 0.717) is 16.2 Å². The molecule has 2 heterocycles. The van der Waals surface area contributed by atoms with Gasteiger partial charge in [-0.3, -0.25) is 4.68 Å². The van der Waals surface area contributed by atoms with Gasteiger partial charge in [-0.25, -0.2) is 4.79 Å². The number of carboxylic acids is 1. The molecule has 0 saturated carbocycles. The molecule has 0 spiro atoms. The summed E-state index contributed by atoms with van der Waals surface area (Å²) in [5.41, 5.74) is -2.06. The second kappa shape index (κ2) is 6.25. The molecule has 0 unspecified atom stereocenters. The van der Waals surface area contributed by atoms with E-state index < -0.39 is 23.4 Å². The molecule has 2 aromatic rings. The summed E-state index contributed by atoms with van der Waals surface area (Å²) in [5.74, 6) is -0.0362. The lowest BCUT2D eigenvalue weighted by molar-refractivity contribution is -0.144. The number of rotatable bonds is 6. The summed E-state index contributed by atoms with van der Waals surface area (Å²) >= 11 is 1.37. The topological polar surface area (TPSA) is 68.3 Å². The second-order valence-electron chi connectivity index (χ2n) is 4.06. The standard InChI is InChI=1S/C12H11F3N2O3S/c13-12(14,15)10-9(11(18)19)6-16-17(10)3-5-21-7-8-2-1-4-20-8/h1-2,4,6H,3,5,7H2,(H,18,19). The number of alkyl halides is 3. The van der Waals surface area contributed by atoms with E-state index in [1.165, 1.54) is 18.0 Å². The van der Waals surface area contributed by atoms with E-state index in [1.807, 2.05) is 0 Å². The predicted octanol–water partition coefficient (Wildman–Crippen LogP) is 3.13. The van der Waals surface area contributed by atoms with Crippen LogP contribution in [-0.2, 0) is 18.5 Å². The first-order valence-corrected chi connectivity index (χ1v) is 7.01. The minimum Gasteiger partial charge on any atom is -0.478 e. The molecule has 0 aliphatic heterocycles. The van der Waals surface area contributed by atoms with Crippen molar-refractivity contribution >= 4 is 17.7 Å². The van der Waals surface area contributed by atoms with Crippen LogP contribution in [0.1, 0.15) is 21.8 Å². The smallest absolute Gasteiger partial charge is 0.433 e. The number of halogens is 3. The Morgan fingerprint density at radius 1 is 1.48 bits per heavy atom. The highest BCUT2D eigenvalue weighted by Crippen LogP contribution is 2.32. The molecule has 0 aliphatic carbocycles. The van der Waals surface area contributed by atoms with Crippen molar-refractivity contribution in [2.75, 3.05) is 5.75 Å². The van der Waals surface area contributed by atoms with Gasteiger partial charge >= 0.3 is 12.1 Å². The maximum absolute atomic E-state index is 12.9. The van der Waals surface area contributed by atoms with Crippen molar-refractivity contribution in [2.24, 2.45) is 0 Å². The van der Waals surface area contributed by atoms with Crippen molar-refractivity contribution in [3.05, 3.63) is 41.6 Å². The van der Waals surface area contributed by atoms with Crippen molar-refractivity contribution in [1.29, 1.82) is 0 Å². The van der Waals surface area contributed by atoms with Gasteiger partial charge < -0.3 is 9.52 Å². The number of hydrogen-bond acceptors (Lipinski definition) is 4. The van der Waals surface area contributed by atoms with Gasteiger partial charge in [0.2, 0.25) is 0 Å². The van der Waals surface area contributed by atoms with Crippen LogP contribution in [0.5, 0.6) is 0 Å². The number of nitrogens with zero attached hydrogens (tertiary/aromatic N) is 2. The Bertz CT molecular complexity index is 608. The van der Waals surface area contributed by atoms with Gasteiger partial charge in [-0.1, -0.05) is 0 Å². The van der Waals surface area contributed by atoms with Gasteiger partial charge in [-0.2, -0.15) is 30.0 Å². The SMILES string of the molecule is O=C(O)c1cnn(CCSCc2ccco2)c1C(F)(F)F.